The summed E-state index contributed by atoms with van der Waals surface area (Å²) in [5.41, 5.74) is 5.15. The van der Waals surface area contributed by atoms with Gasteiger partial charge in [0.05, 0.1) is 24.7 Å². The Morgan fingerprint density at radius 1 is 1.27 bits per heavy atom. The van der Waals surface area contributed by atoms with E-state index in [0.29, 0.717) is 13.2 Å². The van der Waals surface area contributed by atoms with Crippen molar-refractivity contribution in [1.82, 2.24) is 0 Å². The average Bonchev–Trinajstić information content (AvgIpc) is 2.11. The number of aliphatic carboxylic acids is 1. The van der Waals surface area contributed by atoms with E-state index in [1.807, 2.05) is 0 Å². The summed E-state index contributed by atoms with van der Waals surface area (Å²) in [4.78, 5) is 10.2. The molecule has 0 radical (unpaired) electrons. The lowest BCUT2D eigenvalue weighted by atomic mass is 10.3. The lowest BCUT2D eigenvalue weighted by Crippen LogP contribution is -2.18. The van der Waals surface area contributed by atoms with Gasteiger partial charge in [-0.25, -0.2) is 8.42 Å². The third-order valence-corrected chi connectivity index (χ3v) is 3.35. The number of hydrogen-bond donors (Lipinski definition) is 2. The minimum absolute atomic E-state index is 0.0768. The predicted octanol–water partition coefficient (Wildman–Crippen LogP) is -0.759. The average molecular weight is 239 g/mol. The minimum atomic E-state index is -3.19. The van der Waals surface area contributed by atoms with Crippen molar-refractivity contribution in [2.75, 3.05) is 31.3 Å². The third-order valence-electron chi connectivity index (χ3n) is 1.65. The van der Waals surface area contributed by atoms with Crippen LogP contribution in [0.4, 0.5) is 0 Å². The van der Waals surface area contributed by atoms with Crippen molar-refractivity contribution in [3.8, 4) is 0 Å². The molecule has 15 heavy (non-hydrogen) atoms. The molecule has 0 aliphatic heterocycles. The van der Waals surface area contributed by atoms with Crippen LogP contribution in [0.1, 0.15) is 12.8 Å². The summed E-state index contributed by atoms with van der Waals surface area (Å²) in [5.74, 6) is -1.16. The Balaban J connectivity index is 3.63. The van der Waals surface area contributed by atoms with E-state index in [9.17, 15) is 13.2 Å². The smallest absolute Gasteiger partial charge is 0.303 e. The standard InChI is InChI=1S/C8H17NO5S/c9-3-4-14-5-7-15(12,13)6-1-2-8(10)11/h1-7,9H2,(H,10,11). The molecule has 0 unspecified atom stereocenters. The quantitative estimate of drug-likeness (QED) is 0.512. The molecule has 0 aromatic heterocycles. The summed E-state index contributed by atoms with van der Waals surface area (Å²) in [7, 11) is -3.19. The predicted molar refractivity (Wildman–Crippen MR) is 55.4 cm³/mol. The lowest BCUT2D eigenvalue weighted by Gasteiger charge is -2.03. The van der Waals surface area contributed by atoms with Gasteiger partial charge in [0.1, 0.15) is 0 Å². The molecule has 0 aromatic rings. The van der Waals surface area contributed by atoms with E-state index in [2.05, 4.69) is 0 Å². The number of ether oxygens (including phenoxy) is 1. The number of sulfone groups is 1. The van der Waals surface area contributed by atoms with E-state index in [-0.39, 0.29) is 31.0 Å². The van der Waals surface area contributed by atoms with Crippen LogP contribution in [0.25, 0.3) is 0 Å². The molecule has 0 bridgehead atoms. The Morgan fingerprint density at radius 3 is 2.47 bits per heavy atom. The molecule has 0 saturated carbocycles. The second-order valence-electron chi connectivity index (χ2n) is 3.05. The molecular weight excluding hydrogens is 222 g/mol. The topological polar surface area (TPSA) is 107 Å². The molecule has 3 N–H and O–H groups in total. The fourth-order valence-corrected chi connectivity index (χ4v) is 2.08. The van der Waals surface area contributed by atoms with Crippen LogP contribution in [0, 0.1) is 0 Å². The maximum absolute atomic E-state index is 11.3. The zero-order chi connectivity index (χ0) is 11.7. The van der Waals surface area contributed by atoms with Crippen molar-refractivity contribution in [2.24, 2.45) is 5.73 Å². The fourth-order valence-electron chi connectivity index (χ4n) is 0.917. The van der Waals surface area contributed by atoms with Crippen LogP contribution in [0.5, 0.6) is 0 Å². The third kappa shape index (κ3) is 9.64. The normalized spacial score (nSPS) is 11.5. The molecule has 0 aromatic carbocycles. The summed E-state index contributed by atoms with van der Waals surface area (Å²) in [6, 6.07) is 0. The van der Waals surface area contributed by atoms with Gasteiger partial charge in [0.2, 0.25) is 0 Å². The van der Waals surface area contributed by atoms with Crippen molar-refractivity contribution in [3.05, 3.63) is 0 Å². The molecule has 0 saturated heterocycles. The molecule has 0 rings (SSSR count). The van der Waals surface area contributed by atoms with Gasteiger partial charge in [-0.05, 0) is 6.42 Å². The molecule has 0 aliphatic carbocycles. The summed E-state index contributed by atoms with van der Waals surface area (Å²) < 4.78 is 27.5. The largest absolute Gasteiger partial charge is 0.481 e. The molecular formula is C8H17NO5S. The second-order valence-corrected chi connectivity index (χ2v) is 5.35. The summed E-state index contributed by atoms with van der Waals surface area (Å²) in [5, 5.41) is 8.32. The SMILES string of the molecule is NCCOCCS(=O)(=O)CCCC(=O)O. The van der Waals surface area contributed by atoms with Gasteiger partial charge in [-0.15, -0.1) is 0 Å². The van der Waals surface area contributed by atoms with E-state index in [4.69, 9.17) is 15.6 Å². The minimum Gasteiger partial charge on any atom is -0.481 e. The Kier molecular flexibility index (Phi) is 7.27. The van der Waals surface area contributed by atoms with Gasteiger partial charge < -0.3 is 15.6 Å². The summed E-state index contributed by atoms with van der Waals surface area (Å²) >= 11 is 0. The van der Waals surface area contributed by atoms with E-state index in [1.165, 1.54) is 0 Å². The lowest BCUT2D eigenvalue weighted by molar-refractivity contribution is -0.137. The van der Waals surface area contributed by atoms with Gasteiger partial charge in [-0.1, -0.05) is 0 Å². The molecule has 7 heteroatoms. The first kappa shape index (κ1) is 14.3. The number of nitrogens with two attached hydrogens (primary N) is 1. The Hall–Kier alpha value is -0.660. The first-order valence-electron chi connectivity index (χ1n) is 4.68. The number of carbonyl (C=O) groups is 1. The van der Waals surface area contributed by atoms with Gasteiger partial charge >= 0.3 is 5.97 Å². The monoisotopic (exact) mass is 239 g/mol. The zero-order valence-electron chi connectivity index (χ0n) is 8.52. The van der Waals surface area contributed by atoms with Crippen LogP contribution in [0.2, 0.25) is 0 Å². The van der Waals surface area contributed by atoms with E-state index >= 15 is 0 Å². The first-order chi connectivity index (χ1) is 6.98. The molecule has 0 atom stereocenters. The first-order valence-corrected chi connectivity index (χ1v) is 6.50. The molecule has 0 heterocycles. The summed E-state index contributed by atoms with van der Waals surface area (Å²) in [6.07, 6.45) is 0.0252. The van der Waals surface area contributed by atoms with E-state index < -0.39 is 15.8 Å². The molecule has 0 fully saturated rings. The van der Waals surface area contributed by atoms with Crippen LogP contribution in [0.3, 0.4) is 0 Å². The molecule has 0 spiro atoms. The number of carboxylic acids is 1. The Bertz CT molecular complexity index is 275. The van der Waals surface area contributed by atoms with Gasteiger partial charge in [0.25, 0.3) is 0 Å². The van der Waals surface area contributed by atoms with Crippen molar-refractivity contribution >= 4 is 15.8 Å². The Morgan fingerprint density at radius 2 is 1.93 bits per heavy atom. The van der Waals surface area contributed by atoms with Crippen LogP contribution >= 0.6 is 0 Å². The van der Waals surface area contributed by atoms with Gasteiger partial charge in [-0.3, -0.25) is 4.79 Å². The van der Waals surface area contributed by atoms with Crippen molar-refractivity contribution in [2.45, 2.75) is 12.8 Å². The van der Waals surface area contributed by atoms with Crippen molar-refractivity contribution < 1.29 is 23.1 Å². The highest BCUT2D eigenvalue weighted by Crippen LogP contribution is 1.98. The van der Waals surface area contributed by atoms with Crippen molar-refractivity contribution in [3.63, 3.8) is 0 Å². The van der Waals surface area contributed by atoms with Crippen LogP contribution < -0.4 is 5.73 Å². The molecule has 6 nitrogen and oxygen atoms in total. The van der Waals surface area contributed by atoms with Gasteiger partial charge in [0.15, 0.2) is 9.84 Å². The van der Waals surface area contributed by atoms with Crippen molar-refractivity contribution in [1.29, 1.82) is 0 Å². The molecule has 0 amide bonds. The highest BCUT2D eigenvalue weighted by Gasteiger charge is 2.11. The zero-order valence-corrected chi connectivity index (χ0v) is 9.33. The maximum Gasteiger partial charge on any atom is 0.303 e. The highest BCUT2D eigenvalue weighted by atomic mass is 32.2. The second kappa shape index (κ2) is 7.61. The number of rotatable bonds is 9. The van der Waals surface area contributed by atoms with E-state index in [0.717, 1.165) is 0 Å². The van der Waals surface area contributed by atoms with E-state index in [1.54, 1.807) is 0 Å². The number of carboxylic acid groups (broad SMARTS) is 1. The fraction of sp³-hybridized carbons (Fsp3) is 0.875. The van der Waals surface area contributed by atoms with Crippen LogP contribution in [0.15, 0.2) is 0 Å². The highest BCUT2D eigenvalue weighted by molar-refractivity contribution is 7.91. The number of hydrogen-bond acceptors (Lipinski definition) is 5. The Labute approximate surface area is 89.3 Å². The molecule has 0 aliphatic rings. The maximum atomic E-state index is 11.3. The van der Waals surface area contributed by atoms with Gasteiger partial charge in [-0.2, -0.15) is 0 Å². The van der Waals surface area contributed by atoms with Gasteiger partial charge in [0, 0.05) is 13.0 Å². The summed E-state index contributed by atoms with van der Waals surface area (Å²) in [6.45, 7) is 0.816. The van der Waals surface area contributed by atoms with Crippen LogP contribution in [-0.4, -0.2) is 50.8 Å². The molecule has 90 valence electrons. The van der Waals surface area contributed by atoms with Crippen LogP contribution in [-0.2, 0) is 19.4 Å².